The molecule has 2 unspecified atom stereocenters. The zero-order chi connectivity index (χ0) is 12.3. The van der Waals surface area contributed by atoms with E-state index in [9.17, 15) is 4.39 Å². The Balaban J connectivity index is 2.09. The average Bonchev–Trinajstić information content (AvgIpc) is 2.85. The van der Waals surface area contributed by atoms with Crippen molar-refractivity contribution < 1.29 is 9.13 Å². The van der Waals surface area contributed by atoms with E-state index in [0.29, 0.717) is 6.42 Å². The summed E-state index contributed by atoms with van der Waals surface area (Å²) in [7, 11) is 0. The lowest BCUT2D eigenvalue weighted by molar-refractivity contribution is 0.0784. The maximum atomic E-state index is 13.3. The normalized spacial score (nSPS) is 21.7. The zero-order valence-electron chi connectivity index (χ0n) is 9.46. The summed E-state index contributed by atoms with van der Waals surface area (Å²) in [6.45, 7) is 0.764. The van der Waals surface area contributed by atoms with E-state index in [4.69, 9.17) is 22.2 Å². The number of nitrogens with one attached hydrogen (secondary N) is 1. The van der Waals surface area contributed by atoms with E-state index >= 15 is 0 Å². The Hall–Kier alpha value is -0.680. The first-order valence-corrected chi connectivity index (χ1v) is 6.11. The topological polar surface area (TPSA) is 47.3 Å². The highest BCUT2D eigenvalue weighted by molar-refractivity contribution is 6.31. The van der Waals surface area contributed by atoms with Crippen molar-refractivity contribution in [2.24, 2.45) is 5.84 Å². The molecule has 3 nitrogen and oxygen atoms in total. The van der Waals surface area contributed by atoms with Crippen LogP contribution in [-0.4, -0.2) is 18.8 Å². The molecular formula is C12H16ClFN2O. The molecule has 1 aromatic carbocycles. The summed E-state index contributed by atoms with van der Waals surface area (Å²) in [5.74, 6) is 5.13. The first kappa shape index (κ1) is 12.8. The van der Waals surface area contributed by atoms with Gasteiger partial charge in [-0.1, -0.05) is 23.7 Å². The number of nitrogens with two attached hydrogens (primary N) is 1. The molecule has 1 aromatic rings. The van der Waals surface area contributed by atoms with Crippen LogP contribution in [0, 0.1) is 5.82 Å². The summed E-state index contributed by atoms with van der Waals surface area (Å²) in [4.78, 5) is 0. The van der Waals surface area contributed by atoms with Crippen LogP contribution in [-0.2, 0) is 11.2 Å². The van der Waals surface area contributed by atoms with Gasteiger partial charge < -0.3 is 4.74 Å². The molecule has 1 heterocycles. The molecule has 0 saturated carbocycles. The van der Waals surface area contributed by atoms with Gasteiger partial charge >= 0.3 is 0 Å². The van der Waals surface area contributed by atoms with Crippen molar-refractivity contribution in [2.75, 3.05) is 6.61 Å². The maximum absolute atomic E-state index is 13.3. The van der Waals surface area contributed by atoms with Crippen LogP contribution in [0.1, 0.15) is 18.4 Å². The molecular weight excluding hydrogens is 243 g/mol. The van der Waals surface area contributed by atoms with Crippen LogP contribution in [0.2, 0.25) is 5.02 Å². The van der Waals surface area contributed by atoms with Gasteiger partial charge in [-0.05, 0) is 30.9 Å². The number of hydrazine groups is 1. The predicted molar refractivity (Wildman–Crippen MR) is 65.2 cm³/mol. The minimum absolute atomic E-state index is 0.0307. The molecule has 1 saturated heterocycles. The van der Waals surface area contributed by atoms with Gasteiger partial charge in [0.05, 0.1) is 17.2 Å². The highest BCUT2D eigenvalue weighted by atomic mass is 35.5. The third-order valence-corrected chi connectivity index (χ3v) is 3.52. The molecule has 2 rings (SSSR count). The van der Waals surface area contributed by atoms with Gasteiger partial charge in [0.1, 0.15) is 5.82 Å². The number of hydrogen-bond acceptors (Lipinski definition) is 3. The number of ether oxygens (including phenoxy) is 1. The molecule has 94 valence electrons. The monoisotopic (exact) mass is 258 g/mol. The zero-order valence-corrected chi connectivity index (χ0v) is 10.2. The Morgan fingerprint density at radius 3 is 3.06 bits per heavy atom. The van der Waals surface area contributed by atoms with Gasteiger partial charge in [0, 0.05) is 6.61 Å². The molecule has 3 N–H and O–H groups in total. The molecule has 0 spiro atoms. The molecule has 17 heavy (non-hydrogen) atoms. The van der Waals surface area contributed by atoms with Gasteiger partial charge in [-0.2, -0.15) is 0 Å². The van der Waals surface area contributed by atoms with E-state index in [2.05, 4.69) is 5.43 Å². The second kappa shape index (κ2) is 5.78. The molecule has 5 heteroatoms. The first-order chi connectivity index (χ1) is 8.22. The van der Waals surface area contributed by atoms with Crippen molar-refractivity contribution in [3.8, 4) is 0 Å². The van der Waals surface area contributed by atoms with Crippen molar-refractivity contribution in [3.05, 3.63) is 34.6 Å². The van der Waals surface area contributed by atoms with Crippen LogP contribution in [0.15, 0.2) is 18.2 Å². The van der Waals surface area contributed by atoms with Crippen LogP contribution in [0.4, 0.5) is 4.39 Å². The average molecular weight is 259 g/mol. The third-order valence-electron chi connectivity index (χ3n) is 3.10. The molecule has 0 amide bonds. The lowest BCUT2D eigenvalue weighted by Crippen LogP contribution is -2.45. The smallest absolute Gasteiger partial charge is 0.142 e. The molecule has 2 atom stereocenters. The van der Waals surface area contributed by atoms with Crippen molar-refractivity contribution in [2.45, 2.75) is 31.4 Å². The third kappa shape index (κ3) is 2.96. The molecule has 0 radical (unpaired) electrons. The second-order valence-corrected chi connectivity index (χ2v) is 4.62. The van der Waals surface area contributed by atoms with Gasteiger partial charge in [-0.3, -0.25) is 11.3 Å². The fourth-order valence-corrected chi connectivity index (χ4v) is 2.36. The maximum Gasteiger partial charge on any atom is 0.142 e. The van der Waals surface area contributed by atoms with E-state index in [1.807, 2.05) is 6.07 Å². The minimum atomic E-state index is -0.396. The van der Waals surface area contributed by atoms with Gasteiger partial charge in [0.15, 0.2) is 0 Å². The summed E-state index contributed by atoms with van der Waals surface area (Å²) in [5.41, 5.74) is 3.49. The summed E-state index contributed by atoms with van der Waals surface area (Å²) < 4.78 is 18.9. The molecule has 1 aliphatic heterocycles. The fourth-order valence-electron chi connectivity index (χ4n) is 2.16. The number of benzene rings is 1. The van der Waals surface area contributed by atoms with Gasteiger partial charge in [-0.15, -0.1) is 0 Å². The largest absolute Gasteiger partial charge is 0.377 e. The number of rotatable bonds is 4. The molecule has 1 fully saturated rings. The summed E-state index contributed by atoms with van der Waals surface area (Å²) >= 11 is 5.92. The lowest BCUT2D eigenvalue weighted by Gasteiger charge is -2.22. The minimum Gasteiger partial charge on any atom is -0.377 e. The van der Waals surface area contributed by atoms with E-state index in [1.165, 1.54) is 6.07 Å². The summed E-state index contributed by atoms with van der Waals surface area (Å²) in [6, 6.07) is 4.78. The van der Waals surface area contributed by atoms with E-state index in [-0.39, 0.29) is 17.2 Å². The van der Waals surface area contributed by atoms with E-state index in [1.54, 1.807) is 6.07 Å². The van der Waals surface area contributed by atoms with Crippen LogP contribution >= 0.6 is 11.6 Å². The van der Waals surface area contributed by atoms with Crippen LogP contribution < -0.4 is 11.3 Å². The quantitative estimate of drug-likeness (QED) is 0.642. The SMILES string of the molecule is NNC(Cc1cccc(F)c1Cl)C1CCCO1. The molecule has 0 aliphatic carbocycles. The summed E-state index contributed by atoms with van der Waals surface area (Å²) in [6.07, 6.45) is 2.67. The Bertz CT molecular complexity index is 383. The van der Waals surface area contributed by atoms with Crippen molar-refractivity contribution >= 4 is 11.6 Å². The second-order valence-electron chi connectivity index (χ2n) is 4.24. The lowest BCUT2D eigenvalue weighted by atomic mass is 10.00. The standard InChI is InChI=1S/C12H16ClFN2O/c13-12-8(3-1-4-9(12)14)7-10(16-15)11-5-2-6-17-11/h1,3-4,10-11,16H,2,5-7,15H2. The van der Waals surface area contributed by atoms with Gasteiger partial charge in [-0.25, -0.2) is 4.39 Å². The van der Waals surface area contributed by atoms with Crippen molar-refractivity contribution in [1.82, 2.24) is 5.43 Å². The van der Waals surface area contributed by atoms with Crippen molar-refractivity contribution in [3.63, 3.8) is 0 Å². The van der Waals surface area contributed by atoms with E-state index in [0.717, 1.165) is 25.0 Å². The van der Waals surface area contributed by atoms with Crippen LogP contribution in [0.25, 0.3) is 0 Å². The van der Waals surface area contributed by atoms with Crippen molar-refractivity contribution in [1.29, 1.82) is 0 Å². The predicted octanol–water partition coefficient (Wildman–Crippen LogP) is 2.03. The van der Waals surface area contributed by atoms with Gasteiger partial charge in [0.25, 0.3) is 0 Å². The Morgan fingerprint density at radius 2 is 2.41 bits per heavy atom. The molecule has 1 aliphatic rings. The van der Waals surface area contributed by atoms with E-state index < -0.39 is 5.82 Å². The van der Waals surface area contributed by atoms with Gasteiger partial charge in [0.2, 0.25) is 0 Å². The van der Waals surface area contributed by atoms with Crippen LogP contribution in [0.5, 0.6) is 0 Å². The summed E-state index contributed by atoms with van der Waals surface area (Å²) in [5, 5.41) is 0.172. The molecule has 0 aromatic heterocycles. The molecule has 0 bridgehead atoms. The highest BCUT2D eigenvalue weighted by Gasteiger charge is 2.26. The number of halogens is 2. The Kier molecular flexibility index (Phi) is 4.34. The Morgan fingerprint density at radius 1 is 1.59 bits per heavy atom. The Labute approximate surface area is 105 Å². The highest BCUT2D eigenvalue weighted by Crippen LogP contribution is 2.24. The fraction of sp³-hybridized carbons (Fsp3) is 0.500. The van der Waals surface area contributed by atoms with Crippen LogP contribution in [0.3, 0.4) is 0 Å². The first-order valence-electron chi connectivity index (χ1n) is 5.73. The number of hydrogen-bond donors (Lipinski definition) is 2.